The minimum Gasteiger partial charge on any atom is -0.493 e. The number of benzene rings is 2. The van der Waals surface area contributed by atoms with Crippen LogP contribution in [0.3, 0.4) is 0 Å². The van der Waals surface area contributed by atoms with Crippen molar-refractivity contribution in [3.8, 4) is 17.2 Å². The molecule has 2 aliphatic heterocycles. The van der Waals surface area contributed by atoms with E-state index in [4.69, 9.17) is 19.9 Å². The predicted molar refractivity (Wildman–Crippen MR) is 122 cm³/mol. The van der Waals surface area contributed by atoms with Crippen LogP contribution in [-0.2, 0) is 11.2 Å². The Bertz CT molecular complexity index is 1110. The number of ether oxygens (including phenoxy) is 3. The minimum absolute atomic E-state index is 0.0178. The van der Waals surface area contributed by atoms with Crippen LogP contribution in [0.25, 0.3) is 0 Å². The smallest absolute Gasteiger partial charge is 0.269 e. The number of ketones is 1. The van der Waals surface area contributed by atoms with E-state index in [0.29, 0.717) is 6.04 Å². The maximum Gasteiger partial charge on any atom is 0.269 e. The van der Waals surface area contributed by atoms with Crippen LogP contribution >= 0.6 is 0 Å². The molecular weight excluding hydrogens is 426 g/mol. The molecule has 174 valence electrons. The summed E-state index contributed by atoms with van der Waals surface area (Å²) in [5, 5.41) is 13.9. The maximum absolute atomic E-state index is 11.8. The van der Waals surface area contributed by atoms with Gasteiger partial charge >= 0.3 is 0 Å². The van der Waals surface area contributed by atoms with Gasteiger partial charge in [0, 0.05) is 23.7 Å². The molecule has 0 saturated carbocycles. The number of carbonyl (C=O) groups is 1. The van der Waals surface area contributed by atoms with Gasteiger partial charge in [0.2, 0.25) is 12.5 Å². The zero-order valence-electron chi connectivity index (χ0n) is 18.8. The van der Waals surface area contributed by atoms with Crippen molar-refractivity contribution in [1.29, 1.82) is 0 Å². The number of rotatable bonds is 3. The van der Waals surface area contributed by atoms with Crippen LogP contribution in [-0.4, -0.2) is 37.2 Å². The van der Waals surface area contributed by atoms with Gasteiger partial charge in [-0.15, -0.1) is 0 Å². The maximum atomic E-state index is 11.8. The van der Waals surface area contributed by atoms with Crippen LogP contribution in [0.5, 0.6) is 17.2 Å². The Hall–Kier alpha value is -3.43. The van der Waals surface area contributed by atoms with Gasteiger partial charge in [0.1, 0.15) is 0 Å². The molecule has 3 aliphatic rings. The number of nitrogens with one attached hydrogen (secondary N) is 1. The molecule has 3 atom stereocenters. The summed E-state index contributed by atoms with van der Waals surface area (Å²) in [5.41, 5.74) is 9.83. The van der Waals surface area contributed by atoms with Crippen molar-refractivity contribution in [1.82, 2.24) is 5.32 Å². The van der Waals surface area contributed by atoms with E-state index < -0.39 is 11.0 Å². The summed E-state index contributed by atoms with van der Waals surface area (Å²) in [6.45, 7) is 5.24. The molecule has 0 radical (unpaired) electrons. The zero-order valence-corrected chi connectivity index (χ0v) is 18.8. The van der Waals surface area contributed by atoms with Gasteiger partial charge in [0.15, 0.2) is 17.3 Å². The molecule has 0 amide bonds. The molecule has 2 aromatic carbocycles. The second kappa shape index (κ2) is 9.21. The SMILES string of the molecule is CC1=CC(c2ccc([N+](=O)[O-])cc2)C(=O)C1N.COc1cc2c(c3c1OCO3)[C@H](C)NCC2. The average molecular weight is 453 g/mol. The lowest BCUT2D eigenvalue weighted by molar-refractivity contribution is -0.384. The van der Waals surface area contributed by atoms with E-state index in [1.807, 2.05) is 13.0 Å². The van der Waals surface area contributed by atoms with Crippen molar-refractivity contribution < 1.29 is 23.9 Å². The topological polar surface area (TPSA) is 126 Å². The average Bonchev–Trinajstić information content (AvgIpc) is 3.40. The monoisotopic (exact) mass is 453 g/mol. The number of nitro groups is 1. The van der Waals surface area contributed by atoms with E-state index in [0.717, 1.165) is 41.4 Å². The first-order valence-electron chi connectivity index (χ1n) is 10.8. The molecule has 33 heavy (non-hydrogen) atoms. The largest absolute Gasteiger partial charge is 0.493 e. The molecule has 2 unspecified atom stereocenters. The van der Waals surface area contributed by atoms with Crippen LogP contribution in [0.2, 0.25) is 0 Å². The van der Waals surface area contributed by atoms with Crippen LogP contribution < -0.4 is 25.3 Å². The molecule has 0 spiro atoms. The number of nitrogens with two attached hydrogens (primary N) is 1. The molecular formula is C24H27N3O6. The summed E-state index contributed by atoms with van der Waals surface area (Å²) in [7, 11) is 1.66. The number of allylic oxidation sites excluding steroid dienone is 1. The summed E-state index contributed by atoms with van der Waals surface area (Å²) in [4.78, 5) is 21.9. The van der Waals surface area contributed by atoms with Crippen molar-refractivity contribution in [2.45, 2.75) is 38.3 Å². The Morgan fingerprint density at radius 2 is 1.91 bits per heavy atom. The number of non-ortho nitro benzene ring substituents is 1. The third-order valence-electron chi connectivity index (χ3n) is 6.23. The number of methoxy groups -OCH3 is 1. The molecule has 2 aromatic rings. The van der Waals surface area contributed by atoms with Gasteiger partial charge in [-0.25, -0.2) is 0 Å². The third-order valence-corrected chi connectivity index (χ3v) is 6.23. The Morgan fingerprint density at radius 1 is 1.21 bits per heavy atom. The molecule has 2 heterocycles. The highest BCUT2D eigenvalue weighted by Crippen LogP contribution is 2.48. The summed E-state index contributed by atoms with van der Waals surface area (Å²) in [6.07, 6.45) is 2.82. The van der Waals surface area contributed by atoms with Crippen LogP contribution in [0.4, 0.5) is 5.69 Å². The first-order valence-corrected chi connectivity index (χ1v) is 10.8. The first-order chi connectivity index (χ1) is 15.8. The second-order valence-corrected chi connectivity index (χ2v) is 8.26. The van der Waals surface area contributed by atoms with E-state index in [1.54, 1.807) is 19.2 Å². The molecule has 3 N–H and O–H groups in total. The van der Waals surface area contributed by atoms with Crippen LogP contribution in [0, 0.1) is 10.1 Å². The normalized spacial score (nSPS) is 22.7. The van der Waals surface area contributed by atoms with Crippen LogP contribution in [0.1, 0.15) is 42.5 Å². The van der Waals surface area contributed by atoms with Gasteiger partial charge in [-0.1, -0.05) is 23.8 Å². The summed E-state index contributed by atoms with van der Waals surface area (Å²) >= 11 is 0. The number of nitro benzene ring substituents is 1. The fraction of sp³-hybridized carbons (Fsp3) is 0.375. The van der Waals surface area contributed by atoms with Crippen molar-refractivity contribution in [2.24, 2.45) is 5.73 Å². The van der Waals surface area contributed by atoms with E-state index in [1.165, 1.54) is 23.3 Å². The van der Waals surface area contributed by atoms with Gasteiger partial charge < -0.3 is 25.3 Å². The summed E-state index contributed by atoms with van der Waals surface area (Å²) in [6, 6.07) is 7.83. The lowest BCUT2D eigenvalue weighted by atomic mass is 9.93. The predicted octanol–water partition coefficient (Wildman–Crippen LogP) is 3.17. The Morgan fingerprint density at radius 3 is 2.52 bits per heavy atom. The highest BCUT2D eigenvalue weighted by molar-refractivity contribution is 5.97. The lowest BCUT2D eigenvalue weighted by Crippen LogP contribution is -2.29. The Balaban J connectivity index is 0.000000157. The number of Topliss-reactive ketones (excluding diaryl/α,β-unsaturated/α-hetero) is 1. The molecule has 5 rings (SSSR count). The number of hydrogen-bond acceptors (Lipinski definition) is 8. The molecule has 9 heteroatoms. The second-order valence-electron chi connectivity index (χ2n) is 8.26. The molecule has 0 saturated heterocycles. The van der Waals surface area contributed by atoms with Crippen LogP contribution in [0.15, 0.2) is 42.0 Å². The van der Waals surface area contributed by atoms with E-state index >= 15 is 0 Å². The van der Waals surface area contributed by atoms with Crippen molar-refractivity contribution in [3.63, 3.8) is 0 Å². The van der Waals surface area contributed by atoms with Gasteiger partial charge in [-0.3, -0.25) is 14.9 Å². The molecule has 0 bridgehead atoms. The third kappa shape index (κ3) is 4.29. The fourth-order valence-electron chi connectivity index (χ4n) is 4.40. The van der Waals surface area contributed by atoms with Gasteiger partial charge in [0.05, 0.1) is 24.0 Å². The highest BCUT2D eigenvalue weighted by atomic mass is 16.7. The van der Waals surface area contributed by atoms with Crippen molar-refractivity contribution in [2.75, 3.05) is 20.4 Å². The molecule has 9 nitrogen and oxygen atoms in total. The standard InChI is InChI=1S/C12H12N2O3.C12H15NO3/c1-7-6-10(12(15)11(7)13)8-2-4-9(5-3-8)14(16)17;1-7-10-8(3-4-13-7)5-9(14-2)11-12(10)16-6-15-11/h2-6,10-11H,13H2,1H3;5,7,13H,3-4,6H2,1-2H3/t;7-/m.0/s1. The quantitative estimate of drug-likeness (QED) is 0.412. The van der Waals surface area contributed by atoms with Gasteiger partial charge in [-0.2, -0.15) is 0 Å². The summed E-state index contributed by atoms with van der Waals surface area (Å²) in [5.74, 6) is 1.95. The number of carbonyl (C=O) groups excluding carboxylic acids is 1. The van der Waals surface area contributed by atoms with Gasteiger partial charge in [0.25, 0.3) is 5.69 Å². The van der Waals surface area contributed by atoms with E-state index in [2.05, 4.69) is 18.3 Å². The van der Waals surface area contributed by atoms with Crippen molar-refractivity contribution in [3.05, 3.63) is 68.8 Å². The number of fused-ring (bicyclic) bond motifs is 3. The summed E-state index contributed by atoms with van der Waals surface area (Å²) < 4.78 is 16.4. The molecule has 1 aliphatic carbocycles. The number of hydrogen-bond donors (Lipinski definition) is 2. The zero-order chi connectivity index (χ0) is 23.7. The fourth-order valence-corrected chi connectivity index (χ4v) is 4.40. The minimum atomic E-state index is -0.546. The van der Waals surface area contributed by atoms with Gasteiger partial charge in [-0.05, 0) is 44.0 Å². The Kier molecular flexibility index (Phi) is 6.35. The van der Waals surface area contributed by atoms with Crippen molar-refractivity contribution >= 4 is 11.5 Å². The van der Waals surface area contributed by atoms with E-state index in [9.17, 15) is 14.9 Å². The van der Waals surface area contributed by atoms with E-state index in [-0.39, 0.29) is 24.2 Å². The first kappa shape index (κ1) is 22.8. The lowest BCUT2D eigenvalue weighted by Gasteiger charge is -2.25. The Labute approximate surface area is 191 Å². The number of nitrogens with zero attached hydrogens (tertiary/aromatic N) is 1. The molecule has 0 aromatic heterocycles. The highest BCUT2D eigenvalue weighted by Gasteiger charge is 2.32. The molecule has 0 fully saturated rings.